The molecular weight excluding hydrogens is 257 g/mol. The molecule has 0 saturated heterocycles. The predicted octanol–water partition coefficient (Wildman–Crippen LogP) is 2.42. The number of hydrogen-bond donors (Lipinski definition) is 1. The zero-order chi connectivity index (χ0) is 14.1. The minimum absolute atomic E-state index is 0.0407. The van der Waals surface area contributed by atoms with Gasteiger partial charge in [0.2, 0.25) is 0 Å². The van der Waals surface area contributed by atoms with Gasteiger partial charge in [-0.05, 0) is 25.1 Å². The highest BCUT2D eigenvalue weighted by Gasteiger charge is 2.27. The third kappa shape index (κ3) is 7.03. The molecule has 0 aliphatic heterocycles. The molecule has 108 valence electrons. The molecule has 0 saturated carbocycles. The summed E-state index contributed by atoms with van der Waals surface area (Å²) in [5, 5.41) is 0. The summed E-state index contributed by atoms with van der Waals surface area (Å²) in [7, 11) is 0. The molecule has 1 aromatic rings. The van der Waals surface area contributed by atoms with Crippen LogP contribution in [0.4, 0.5) is 18.9 Å². The molecule has 3 nitrogen and oxygen atoms in total. The first-order valence-electron chi connectivity index (χ1n) is 6.17. The topological polar surface area (TPSA) is 38.5 Å². The molecule has 1 aromatic carbocycles. The molecular formula is C13H19F3N2O. The SMILES string of the molecule is NCCCN(CCOCC(F)(F)F)c1ccccc1. The summed E-state index contributed by atoms with van der Waals surface area (Å²) in [6.45, 7) is 0.508. The van der Waals surface area contributed by atoms with Crippen molar-refractivity contribution in [1.29, 1.82) is 0 Å². The molecule has 0 aromatic heterocycles. The minimum Gasteiger partial charge on any atom is -0.370 e. The summed E-state index contributed by atoms with van der Waals surface area (Å²) < 4.78 is 40.5. The van der Waals surface area contributed by atoms with E-state index in [1.165, 1.54) is 0 Å². The Morgan fingerprint density at radius 1 is 1.11 bits per heavy atom. The minimum atomic E-state index is -4.27. The number of nitrogens with two attached hydrogens (primary N) is 1. The van der Waals surface area contributed by atoms with Crippen molar-refractivity contribution in [2.75, 3.05) is 37.7 Å². The molecule has 19 heavy (non-hydrogen) atoms. The monoisotopic (exact) mass is 276 g/mol. The number of anilines is 1. The number of para-hydroxylation sites is 1. The van der Waals surface area contributed by atoms with Gasteiger partial charge in [0.15, 0.2) is 0 Å². The molecule has 0 heterocycles. The molecule has 0 radical (unpaired) electrons. The standard InChI is InChI=1S/C13H19F3N2O/c14-13(15,16)11-19-10-9-18(8-4-7-17)12-5-2-1-3-6-12/h1-3,5-6H,4,7-11,17H2. The van der Waals surface area contributed by atoms with Crippen molar-refractivity contribution in [2.45, 2.75) is 12.6 Å². The van der Waals surface area contributed by atoms with Crippen LogP contribution in [0.2, 0.25) is 0 Å². The molecule has 0 fully saturated rings. The van der Waals surface area contributed by atoms with Gasteiger partial charge in [-0.3, -0.25) is 0 Å². The van der Waals surface area contributed by atoms with Gasteiger partial charge in [-0.2, -0.15) is 13.2 Å². The average Bonchev–Trinajstić information content (AvgIpc) is 2.38. The van der Waals surface area contributed by atoms with E-state index in [2.05, 4.69) is 4.74 Å². The summed E-state index contributed by atoms with van der Waals surface area (Å²) in [5.41, 5.74) is 6.42. The second-order valence-electron chi connectivity index (χ2n) is 4.13. The lowest BCUT2D eigenvalue weighted by molar-refractivity contribution is -0.173. The maximum atomic E-state index is 12.0. The Hall–Kier alpha value is -1.27. The Morgan fingerprint density at radius 2 is 1.79 bits per heavy atom. The first-order chi connectivity index (χ1) is 9.03. The third-order valence-corrected chi connectivity index (χ3v) is 2.52. The molecule has 0 aliphatic rings. The first kappa shape index (κ1) is 15.8. The van der Waals surface area contributed by atoms with Crippen molar-refractivity contribution in [3.05, 3.63) is 30.3 Å². The molecule has 0 spiro atoms. The van der Waals surface area contributed by atoms with Crippen LogP contribution in [0, 0.1) is 0 Å². The molecule has 2 N–H and O–H groups in total. The van der Waals surface area contributed by atoms with E-state index >= 15 is 0 Å². The predicted molar refractivity (Wildman–Crippen MR) is 69.2 cm³/mol. The van der Waals surface area contributed by atoms with Crippen LogP contribution in [-0.4, -0.2) is 39.0 Å². The lowest BCUT2D eigenvalue weighted by Crippen LogP contribution is -2.31. The summed E-state index contributed by atoms with van der Waals surface area (Å²) in [4.78, 5) is 1.98. The Bertz CT molecular complexity index is 343. The van der Waals surface area contributed by atoms with Crippen LogP contribution in [0.5, 0.6) is 0 Å². The number of alkyl halides is 3. The summed E-state index contributed by atoms with van der Waals surface area (Å²) in [6, 6.07) is 9.51. The van der Waals surface area contributed by atoms with Gasteiger partial charge < -0.3 is 15.4 Å². The van der Waals surface area contributed by atoms with Crippen LogP contribution < -0.4 is 10.6 Å². The fraction of sp³-hybridized carbons (Fsp3) is 0.538. The molecule has 0 atom stereocenters. The molecule has 6 heteroatoms. The van der Waals surface area contributed by atoms with Gasteiger partial charge in [-0.25, -0.2) is 0 Å². The van der Waals surface area contributed by atoms with Gasteiger partial charge >= 0.3 is 6.18 Å². The van der Waals surface area contributed by atoms with Crippen LogP contribution in [0.25, 0.3) is 0 Å². The first-order valence-corrected chi connectivity index (χ1v) is 6.17. The van der Waals surface area contributed by atoms with Crippen molar-refractivity contribution in [3.63, 3.8) is 0 Å². The van der Waals surface area contributed by atoms with Crippen LogP contribution in [0.15, 0.2) is 30.3 Å². The maximum Gasteiger partial charge on any atom is 0.411 e. The van der Waals surface area contributed by atoms with Gasteiger partial charge in [-0.15, -0.1) is 0 Å². The number of rotatable bonds is 8. The number of ether oxygens (including phenoxy) is 1. The highest BCUT2D eigenvalue weighted by atomic mass is 19.4. The zero-order valence-corrected chi connectivity index (χ0v) is 10.7. The van der Waals surface area contributed by atoms with E-state index in [0.717, 1.165) is 12.1 Å². The van der Waals surface area contributed by atoms with Gasteiger partial charge in [-0.1, -0.05) is 18.2 Å². The van der Waals surface area contributed by atoms with E-state index < -0.39 is 12.8 Å². The third-order valence-electron chi connectivity index (χ3n) is 2.52. The molecule has 0 aliphatic carbocycles. The summed E-state index contributed by atoms with van der Waals surface area (Å²) in [6.07, 6.45) is -3.48. The van der Waals surface area contributed by atoms with Crippen molar-refractivity contribution in [1.82, 2.24) is 0 Å². The Labute approximate surface area is 111 Å². The molecule has 1 rings (SSSR count). The molecule has 0 amide bonds. The van der Waals surface area contributed by atoms with E-state index in [1.807, 2.05) is 35.2 Å². The van der Waals surface area contributed by atoms with E-state index in [-0.39, 0.29) is 6.61 Å². The van der Waals surface area contributed by atoms with Crippen LogP contribution in [0.3, 0.4) is 0 Å². The lowest BCUT2D eigenvalue weighted by atomic mass is 10.2. The number of halogens is 3. The van der Waals surface area contributed by atoms with Crippen molar-refractivity contribution >= 4 is 5.69 Å². The number of benzene rings is 1. The van der Waals surface area contributed by atoms with Gasteiger partial charge in [0.1, 0.15) is 6.61 Å². The largest absolute Gasteiger partial charge is 0.411 e. The summed E-state index contributed by atoms with van der Waals surface area (Å²) in [5.74, 6) is 0. The van der Waals surface area contributed by atoms with Crippen LogP contribution in [-0.2, 0) is 4.74 Å². The molecule has 0 unspecified atom stereocenters. The van der Waals surface area contributed by atoms with E-state index in [1.54, 1.807) is 0 Å². The van der Waals surface area contributed by atoms with Gasteiger partial charge in [0.05, 0.1) is 6.61 Å². The maximum absolute atomic E-state index is 12.0. The normalized spacial score (nSPS) is 11.6. The van der Waals surface area contributed by atoms with E-state index in [4.69, 9.17) is 5.73 Å². The second-order valence-corrected chi connectivity index (χ2v) is 4.13. The van der Waals surface area contributed by atoms with E-state index in [9.17, 15) is 13.2 Å². The Balaban J connectivity index is 2.42. The summed E-state index contributed by atoms with van der Waals surface area (Å²) >= 11 is 0. The zero-order valence-electron chi connectivity index (χ0n) is 10.7. The second kappa shape index (κ2) is 8.01. The fourth-order valence-corrected chi connectivity index (χ4v) is 1.65. The van der Waals surface area contributed by atoms with Crippen LogP contribution >= 0.6 is 0 Å². The van der Waals surface area contributed by atoms with Crippen LogP contribution in [0.1, 0.15) is 6.42 Å². The highest BCUT2D eigenvalue weighted by Crippen LogP contribution is 2.15. The molecule has 0 bridgehead atoms. The number of hydrogen-bond acceptors (Lipinski definition) is 3. The van der Waals surface area contributed by atoms with Crippen molar-refractivity contribution < 1.29 is 17.9 Å². The van der Waals surface area contributed by atoms with Gasteiger partial charge in [0, 0.05) is 18.8 Å². The Kier molecular flexibility index (Phi) is 6.66. The quantitative estimate of drug-likeness (QED) is 0.741. The van der Waals surface area contributed by atoms with Crippen molar-refractivity contribution in [2.24, 2.45) is 5.73 Å². The fourth-order valence-electron chi connectivity index (χ4n) is 1.65. The number of nitrogens with zero attached hydrogens (tertiary/aromatic N) is 1. The van der Waals surface area contributed by atoms with Gasteiger partial charge in [0.25, 0.3) is 0 Å². The highest BCUT2D eigenvalue weighted by molar-refractivity contribution is 5.45. The van der Waals surface area contributed by atoms with Crippen molar-refractivity contribution in [3.8, 4) is 0 Å². The lowest BCUT2D eigenvalue weighted by Gasteiger charge is -2.24. The average molecular weight is 276 g/mol. The smallest absolute Gasteiger partial charge is 0.370 e. The van der Waals surface area contributed by atoms with E-state index in [0.29, 0.717) is 19.6 Å². The Morgan fingerprint density at radius 3 is 2.37 bits per heavy atom.